The van der Waals surface area contributed by atoms with Crippen LogP contribution in [0.25, 0.3) is 10.9 Å². The largest absolute Gasteiger partial charge is 0.441 e. The molecule has 0 aliphatic carbocycles. The fourth-order valence-corrected chi connectivity index (χ4v) is 2.80. The zero-order valence-electron chi connectivity index (χ0n) is 13.9. The van der Waals surface area contributed by atoms with Crippen LogP contribution in [-0.2, 0) is 16.3 Å². The van der Waals surface area contributed by atoms with Gasteiger partial charge in [0, 0.05) is 0 Å². The number of carbonyl (C=O) groups is 3. The molecular weight excluding hydrogens is 352 g/mol. The van der Waals surface area contributed by atoms with Crippen LogP contribution in [-0.4, -0.2) is 44.2 Å². The summed E-state index contributed by atoms with van der Waals surface area (Å²) < 4.78 is 5.88. The zero-order valence-corrected chi connectivity index (χ0v) is 13.9. The Bertz CT molecular complexity index is 1120. The lowest BCUT2D eigenvalue weighted by Gasteiger charge is -2.13. The molecule has 1 aliphatic rings. The van der Waals surface area contributed by atoms with Crippen molar-refractivity contribution in [3.05, 3.63) is 70.0 Å². The number of ether oxygens (including phenoxy) is 1. The van der Waals surface area contributed by atoms with E-state index in [0.717, 1.165) is 9.58 Å². The maximum Gasteiger partial charge on any atom is 0.328 e. The maximum atomic E-state index is 12.3. The topological polar surface area (TPSA) is 111 Å². The first-order valence-electron chi connectivity index (χ1n) is 7.99. The van der Waals surface area contributed by atoms with E-state index in [1.807, 2.05) is 0 Å². The van der Waals surface area contributed by atoms with E-state index in [2.05, 4.69) is 10.3 Å². The number of hydrogen-bond acceptors (Lipinski definition) is 7. The fraction of sp³-hybridized carbons (Fsp3) is 0.111. The maximum absolute atomic E-state index is 12.3. The van der Waals surface area contributed by atoms with Crippen molar-refractivity contribution in [1.29, 1.82) is 0 Å². The van der Waals surface area contributed by atoms with Gasteiger partial charge in [0.05, 0.1) is 16.5 Å². The highest BCUT2D eigenvalue weighted by molar-refractivity contribution is 6.22. The van der Waals surface area contributed by atoms with Gasteiger partial charge in [0.1, 0.15) is 12.1 Å². The summed E-state index contributed by atoms with van der Waals surface area (Å²) in [6, 6.07) is 12.9. The highest BCUT2D eigenvalue weighted by Gasteiger charge is 2.36. The normalized spacial score (nSPS) is 13.1. The molecule has 1 aromatic heterocycles. The van der Waals surface area contributed by atoms with Crippen LogP contribution < -0.4 is 5.56 Å². The number of fused-ring (bicyclic) bond motifs is 2. The molecule has 0 fully saturated rings. The summed E-state index contributed by atoms with van der Waals surface area (Å²) in [5.74, 6) is -1.96. The van der Waals surface area contributed by atoms with Gasteiger partial charge in [-0.25, -0.2) is 0 Å². The molecule has 4 rings (SSSR count). The first-order chi connectivity index (χ1) is 13.1. The third kappa shape index (κ3) is 2.84. The highest BCUT2D eigenvalue weighted by atomic mass is 16.5. The average Bonchev–Trinajstić information content (AvgIpc) is 2.93. The van der Waals surface area contributed by atoms with Gasteiger partial charge in [-0.3, -0.25) is 24.1 Å². The molecule has 9 nitrogen and oxygen atoms in total. The quantitative estimate of drug-likeness (QED) is 0.492. The van der Waals surface area contributed by atoms with Crippen molar-refractivity contribution in [1.82, 2.24) is 19.9 Å². The third-order valence-electron chi connectivity index (χ3n) is 4.14. The van der Waals surface area contributed by atoms with Crippen LogP contribution in [0.2, 0.25) is 0 Å². The molecule has 0 N–H and O–H groups in total. The zero-order chi connectivity index (χ0) is 19.0. The number of rotatable bonds is 4. The van der Waals surface area contributed by atoms with Crippen molar-refractivity contribution in [2.45, 2.75) is 6.73 Å². The second-order valence-electron chi connectivity index (χ2n) is 5.80. The van der Waals surface area contributed by atoms with Gasteiger partial charge in [-0.05, 0) is 24.3 Å². The molecule has 2 aromatic carbocycles. The summed E-state index contributed by atoms with van der Waals surface area (Å²) in [6.45, 7) is -1.03. The van der Waals surface area contributed by atoms with E-state index in [-0.39, 0.29) is 11.1 Å². The Labute approximate surface area is 151 Å². The molecule has 3 aromatic rings. The Kier molecular flexibility index (Phi) is 3.96. The summed E-state index contributed by atoms with van der Waals surface area (Å²) in [5.41, 5.74) is 0.448. The number of carbonyl (C=O) groups excluding carboxylic acids is 3. The molecule has 0 bridgehead atoms. The van der Waals surface area contributed by atoms with Crippen molar-refractivity contribution in [2.75, 3.05) is 6.54 Å². The van der Waals surface area contributed by atoms with Crippen LogP contribution in [0.5, 0.6) is 0 Å². The van der Waals surface area contributed by atoms with Crippen molar-refractivity contribution in [3.8, 4) is 0 Å². The van der Waals surface area contributed by atoms with E-state index in [1.54, 1.807) is 36.4 Å². The van der Waals surface area contributed by atoms with Crippen LogP contribution in [0.4, 0.5) is 0 Å². The van der Waals surface area contributed by atoms with Crippen molar-refractivity contribution < 1.29 is 19.1 Å². The molecule has 134 valence electrons. The number of imide groups is 1. The minimum Gasteiger partial charge on any atom is -0.441 e. The van der Waals surface area contributed by atoms with Gasteiger partial charge in [-0.15, -0.1) is 5.10 Å². The van der Waals surface area contributed by atoms with Crippen molar-refractivity contribution in [2.24, 2.45) is 0 Å². The van der Waals surface area contributed by atoms with Crippen molar-refractivity contribution >= 4 is 28.7 Å². The molecule has 0 radical (unpaired) electrons. The second kappa shape index (κ2) is 6.45. The number of nitrogens with zero attached hydrogens (tertiary/aromatic N) is 4. The van der Waals surface area contributed by atoms with Gasteiger partial charge in [0.25, 0.3) is 17.4 Å². The second-order valence-corrected chi connectivity index (χ2v) is 5.80. The average molecular weight is 364 g/mol. The Balaban J connectivity index is 1.45. The molecule has 0 unspecified atom stereocenters. The number of amides is 2. The van der Waals surface area contributed by atoms with E-state index >= 15 is 0 Å². The van der Waals surface area contributed by atoms with Gasteiger partial charge >= 0.3 is 5.97 Å². The van der Waals surface area contributed by atoms with E-state index in [0.29, 0.717) is 10.9 Å². The lowest BCUT2D eigenvalue weighted by atomic mass is 10.1. The molecule has 0 saturated heterocycles. The molecular formula is C18H12N4O5. The fourth-order valence-electron chi connectivity index (χ4n) is 2.80. The molecule has 27 heavy (non-hydrogen) atoms. The van der Waals surface area contributed by atoms with Gasteiger partial charge in [-0.1, -0.05) is 29.5 Å². The predicted octanol–water partition coefficient (Wildman–Crippen LogP) is 0.588. The number of hydrogen-bond donors (Lipinski definition) is 0. The Morgan fingerprint density at radius 1 is 0.926 bits per heavy atom. The third-order valence-corrected chi connectivity index (χ3v) is 4.14. The van der Waals surface area contributed by atoms with Gasteiger partial charge in [-0.2, -0.15) is 4.68 Å². The number of aromatic nitrogens is 3. The first-order valence-corrected chi connectivity index (χ1v) is 7.99. The lowest BCUT2D eigenvalue weighted by molar-refractivity contribution is -0.148. The molecule has 0 saturated carbocycles. The van der Waals surface area contributed by atoms with Crippen LogP contribution in [0.1, 0.15) is 20.7 Å². The SMILES string of the molecule is O=C(CN1C(=O)c2ccccc2C1=O)OCn1nnc2ccccc2c1=O. The molecule has 2 heterocycles. The number of esters is 1. The highest BCUT2D eigenvalue weighted by Crippen LogP contribution is 2.22. The minimum absolute atomic E-state index is 0.243. The summed E-state index contributed by atoms with van der Waals surface area (Å²) in [4.78, 5) is 49.6. The van der Waals surface area contributed by atoms with E-state index in [9.17, 15) is 19.2 Å². The monoisotopic (exact) mass is 364 g/mol. The molecule has 0 spiro atoms. The molecule has 9 heteroatoms. The van der Waals surface area contributed by atoms with E-state index in [1.165, 1.54) is 12.1 Å². The molecule has 0 atom stereocenters. The molecule has 1 aliphatic heterocycles. The Morgan fingerprint density at radius 3 is 2.26 bits per heavy atom. The summed E-state index contributed by atoms with van der Waals surface area (Å²) in [7, 11) is 0. The van der Waals surface area contributed by atoms with Crippen molar-refractivity contribution in [3.63, 3.8) is 0 Å². The van der Waals surface area contributed by atoms with Crippen LogP contribution >= 0.6 is 0 Å². The van der Waals surface area contributed by atoms with Crippen LogP contribution in [0.3, 0.4) is 0 Å². The Morgan fingerprint density at radius 2 is 1.56 bits per heavy atom. The van der Waals surface area contributed by atoms with E-state index < -0.39 is 36.6 Å². The van der Waals surface area contributed by atoms with Gasteiger partial charge < -0.3 is 4.74 Å². The summed E-state index contributed by atoms with van der Waals surface area (Å²) >= 11 is 0. The minimum atomic E-state index is -0.841. The predicted molar refractivity (Wildman–Crippen MR) is 91.7 cm³/mol. The van der Waals surface area contributed by atoms with Crippen LogP contribution in [0.15, 0.2) is 53.3 Å². The van der Waals surface area contributed by atoms with Gasteiger partial charge in [0.2, 0.25) is 0 Å². The standard InChI is InChI=1S/C18H12N4O5/c23-15(9-21-16(24)11-5-1-2-6-12(11)17(21)25)27-10-22-18(26)13-7-3-4-8-14(13)19-20-22/h1-8H,9-10H2. The summed E-state index contributed by atoms with van der Waals surface area (Å²) in [6.07, 6.45) is 0. The van der Waals surface area contributed by atoms with Gasteiger partial charge in [0.15, 0.2) is 6.73 Å². The lowest BCUT2D eigenvalue weighted by Crippen LogP contribution is -2.36. The first kappa shape index (κ1) is 16.6. The van der Waals surface area contributed by atoms with E-state index in [4.69, 9.17) is 4.74 Å². The Hall–Kier alpha value is -3.88. The summed E-state index contributed by atoms with van der Waals surface area (Å²) in [5, 5.41) is 7.92. The smallest absolute Gasteiger partial charge is 0.328 e. The van der Waals surface area contributed by atoms with Crippen LogP contribution in [0, 0.1) is 0 Å². The number of benzene rings is 2. The molecule has 2 amide bonds.